The zero-order valence-electron chi connectivity index (χ0n) is 24.6. The molecule has 4 rings (SSSR count). The number of carbonyl (C=O) groups excluding carboxylic acids is 1. The van der Waals surface area contributed by atoms with Crippen LogP contribution in [0, 0.1) is 0 Å². The molecule has 2 atom stereocenters. The summed E-state index contributed by atoms with van der Waals surface area (Å²) in [5.41, 5.74) is 4.40. The van der Waals surface area contributed by atoms with Crippen LogP contribution < -0.4 is 15.4 Å². The highest BCUT2D eigenvalue weighted by Gasteiger charge is 2.15. The number of benzene rings is 4. The van der Waals surface area contributed by atoms with Gasteiger partial charge in [0.15, 0.2) is 0 Å². The van der Waals surface area contributed by atoms with Gasteiger partial charge in [-0.1, -0.05) is 72.8 Å². The molecule has 4 aromatic carbocycles. The highest BCUT2D eigenvalue weighted by Crippen LogP contribution is 2.22. The average Bonchev–Trinajstić information content (AvgIpc) is 3.03. The molecule has 0 saturated carbocycles. The van der Waals surface area contributed by atoms with Crippen molar-refractivity contribution in [3.63, 3.8) is 0 Å². The van der Waals surface area contributed by atoms with E-state index in [1.807, 2.05) is 61.5 Å². The van der Waals surface area contributed by atoms with Crippen LogP contribution in [0.5, 0.6) is 5.75 Å². The lowest BCUT2D eigenvalue weighted by Crippen LogP contribution is -2.32. The van der Waals surface area contributed by atoms with E-state index in [4.69, 9.17) is 0 Å². The molecule has 1 amide bonds. The summed E-state index contributed by atoms with van der Waals surface area (Å²) in [6.07, 6.45) is 0.0582. The van der Waals surface area contributed by atoms with Gasteiger partial charge >= 0.3 is 0 Å². The smallest absolute Gasteiger partial charge is 0.240 e. The first-order valence-electron chi connectivity index (χ1n) is 14.4. The summed E-state index contributed by atoms with van der Waals surface area (Å²) in [7, 11) is -3.71. The molecule has 232 valence electrons. The molecule has 10 heteroatoms. The van der Waals surface area contributed by atoms with Gasteiger partial charge in [0, 0.05) is 31.2 Å². The Hall–Kier alpha value is -4.06. The molecule has 0 saturated heterocycles. The Balaban J connectivity index is 1.25. The molecule has 0 aromatic heterocycles. The van der Waals surface area contributed by atoms with Crippen LogP contribution in [-0.4, -0.2) is 42.2 Å². The maximum absolute atomic E-state index is 12.8. The number of aliphatic hydroxyl groups is 2. The van der Waals surface area contributed by atoms with Crippen LogP contribution in [0.25, 0.3) is 0 Å². The third-order valence-electron chi connectivity index (χ3n) is 7.22. The maximum atomic E-state index is 12.8. The first-order valence-corrected chi connectivity index (χ1v) is 15.9. The van der Waals surface area contributed by atoms with Crippen LogP contribution in [0.1, 0.15) is 46.4 Å². The van der Waals surface area contributed by atoms with Gasteiger partial charge in [0.1, 0.15) is 5.75 Å². The summed E-state index contributed by atoms with van der Waals surface area (Å²) in [5.74, 6) is -0.186. The Labute approximate surface area is 258 Å². The van der Waals surface area contributed by atoms with E-state index < -0.39 is 16.1 Å². The number of rotatable bonds is 15. The van der Waals surface area contributed by atoms with E-state index in [1.54, 1.807) is 30.3 Å². The van der Waals surface area contributed by atoms with Crippen LogP contribution in [0.15, 0.2) is 102 Å². The lowest BCUT2D eigenvalue weighted by Gasteiger charge is -2.18. The molecular formula is C34H39N3O6S. The molecule has 0 unspecified atom stereocenters. The van der Waals surface area contributed by atoms with Crippen LogP contribution in [0.3, 0.4) is 0 Å². The van der Waals surface area contributed by atoms with Gasteiger partial charge in [-0.25, -0.2) is 13.1 Å². The normalized spacial score (nSPS) is 12.9. The maximum Gasteiger partial charge on any atom is 0.240 e. The third-order valence-corrected chi connectivity index (χ3v) is 8.62. The number of carbonyl (C=O) groups is 1. The molecule has 0 aliphatic heterocycles. The Morgan fingerprint density at radius 2 is 1.52 bits per heavy atom. The largest absolute Gasteiger partial charge is 0.508 e. The average molecular weight is 618 g/mol. The van der Waals surface area contributed by atoms with Crippen molar-refractivity contribution in [2.24, 2.45) is 0 Å². The molecule has 0 heterocycles. The quantitative estimate of drug-likeness (QED) is 0.120. The first kappa shape index (κ1) is 32.8. The number of aromatic hydroxyl groups is 1. The van der Waals surface area contributed by atoms with Crippen molar-refractivity contribution in [2.45, 2.75) is 56.5 Å². The second kappa shape index (κ2) is 15.6. The van der Waals surface area contributed by atoms with Gasteiger partial charge < -0.3 is 26.0 Å². The molecule has 0 radical (unpaired) electrons. The van der Waals surface area contributed by atoms with Gasteiger partial charge in [-0.05, 0) is 65.4 Å². The fourth-order valence-electron chi connectivity index (χ4n) is 4.79. The van der Waals surface area contributed by atoms with Crippen molar-refractivity contribution in [1.82, 2.24) is 15.4 Å². The molecule has 0 aliphatic rings. The van der Waals surface area contributed by atoms with Crippen LogP contribution in [-0.2, 0) is 47.4 Å². The SMILES string of the molecule is C[C@H](Cc1cccc(CC(=O)NCc2cccc(S(=O)(=O)NCc3ccccc3)c2)c1)NC[C@@H](O)c1ccc(O)c(CO)c1. The van der Waals surface area contributed by atoms with E-state index in [0.29, 0.717) is 29.7 Å². The van der Waals surface area contributed by atoms with Crippen molar-refractivity contribution in [2.75, 3.05) is 6.54 Å². The van der Waals surface area contributed by atoms with Crippen molar-refractivity contribution in [1.29, 1.82) is 0 Å². The van der Waals surface area contributed by atoms with E-state index in [1.165, 1.54) is 12.1 Å². The van der Waals surface area contributed by atoms with Crippen LogP contribution in [0.4, 0.5) is 0 Å². The second-order valence-corrected chi connectivity index (χ2v) is 12.6. The van der Waals surface area contributed by atoms with Gasteiger partial charge in [-0.15, -0.1) is 0 Å². The van der Waals surface area contributed by atoms with E-state index in [0.717, 1.165) is 16.7 Å². The molecule has 9 nitrogen and oxygen atoms in total. The van der Waals surface area contributed by atoms with Gasteiger partial charge in [-0.2, -0.15) is 0 Å². The first-order chi connectivity index (χ1) is 21.1. The topological polar surface area (TPSA) is 148 Å². The predicted molar refractivity (Wildman–Crippen MR) is 169 cm³/mol. The van der Waals surface area contributed by atoms with E-state index in [9.17, 15) is 28.5 Å². The Kier molecular flexibility index (Phi) is 11.6. The summed E-state index contributed by atoms with van der Waals surface area (Å²) < 4.78 is 28.2. The number of hydrogen-bond donors (Lipinski definition) is 6. The van der Waals surface area contributed by atoms with Crippen molar-refractivity contribution in [3.8, 4) is 5.75 Å². The minimum Gasteiger partial charge on any atom is -0.508 e. The van der Waals surface area contributed by atoms with Gasteiger partial charge in [0.25, 0.3) is 0 Å². The molecule has 6 N–H and O–H groups in total. The number of phenols is 1. The van der Waals surface area contributed by atoms with Crippen LogP contribution in [0.2, 0.25) is 0 Å². The van der Waals surface area contributed by atoms with E-state index in [-0.39, 0.29) is 48.7 Å². The van der Waals surface area contributed by atoms with Crippen molar-refractivity contribution < 1.29 is 28.5 Å². The zero-order valence-corrected chi connectivity index (χ0v) is 25.4. The standard InChI is InChI=1S/C34H39N3O6S/c1-24(35-22-33(40)29-13-14-32(39)30(19-29)23-38)15-26-9-5-10-27(16-26)18-34(41)36-20-28-11-6-12-31(17-28)44(42,43)37-21-25-7-3-2-4-8-25/h2-14,16-17,19,24,33,35,37-40H,15,18,20-23H2,1H3,(H,36,41)/t24-,33-/m1/s1. The molecule has 0 aliphatic carbocycles. The van der Waals surface area contributed by atoms with Crippen LogP contribution >= 0.6 is 0 Å². The number of nitrogens with one attached hydrogen (secondary N) is 3. The highest BCUT2D eigenvalue weighted by molar-refractivity contribution is 7.89. The monoisotopic (exact) mass is 617 g/mol. The van der Waals surface area contributed by atoms with Gasteiger partial charge in [0.05, 0.1) is 24.0 Å². The molecular weight excluding hydrogens is 578 g/mol. The Morgan fingerprint density at radius 1 is 0.818 bits per heavy atom. The molecule has 0 spiro atoms. The van der Waals surface area contributed by atoms with Crippen molar-refractivity contribution in [3.05, 3.63) is 130 Å². The number of sulfonamides is 1. The molecule has 0 fully saturated rings. The van der Waals surface area contributed by atoms with E-state index in [2.05, 4.69) is 15.4 Å². The summed E-state index contributed by atoms with van der Waals surface area (Å²) in [5, 5.41) is 35.8. The minimum absolute atomic E-state index is 0.00861. The molecule has 4 aromatic rings. The predicted octanol–water partition coefficient (Wildman–Crippen LogP) is 3.48. The number of aliphatic hydroxyl groups excluding tert-OH is 2. The lowest BCUT2D eigenvalue weighted by atomic mass is 10.0. The fourth-order valence-corrected chi connectivity index (χ4v) is 5.88. The third kappa shape index (κ3) is 9.73. The summed E-state index contributed by atoms with van der Waals surface area (Å²) >= 11 is 0. The molecule has 44 heavy (non-hydrogen) atoms. The lowest BCUT2D eigenvalue weighted by molar-refractivity contribution is -0.120. The number of hydrogen-bond acceptors (Lipinski definition) is 7. The zero-order chi connectivity index (χ0) is 31.5. The summed E-state index contributed by atoms with van der Waals surface area (Å²) in [4.78, 5) is 12.9. The summed E-state index contributed by atoms with van der Waals surface area (Å²) in [6.45, 7) is 2.38. The highest BCUT2D eigenvalue weighted by atomic mass is 32.2. The Bertz CT molecular complexity index is 1650. The molecule has 0 bridgehead atoms. The second-order valence-electron chi connectivity index (χ2n) is 10.8. The summed E-state index contributed by atoms with van der Waals surface area (Å²) in [6, 6.07) is 28.3. The van der Waals surface area contributed by atoms with Gasteiger partial charge in [0.2, 0.25) is 15.9 Å². The minimum atomic E-state index is -3.71. The number of amides is 1. The van der Waals surface area contributed by atoms with Gasteiger partial charge in [-0.3, -0.25) is 4.79 Å². The van der Waals surface area contributed by atoms with Crippen molar-refractivity contribution >= 4 is 15.9 Å². The van der Waals surface area contributed by atoms with E-state index >= 15 is 0 Å². The Morgan fingerprint density at radius 3 is 2.30 bits per heavy atom. The fraction of sp³-hybridized carbons (Fsp3) is 0.265.